The van der Waals surface area contributed by atoms with Crippen LogP contribution in [0, 0.1) is 0 Å². The number of amides is 1. The Morgan fingerprint density at radius 3 is 2.73 bits per heavy atom. The zero-order chi connectivity index (χ0) is 15.5. The number of benzene rings is 2. The second-order valence-electron chi connectivity index (χ2n) is 4.59. The van der Waals surface area contributed by atoms with Crippen molar-refractivity contribution in [3.63, 3.8) is 0 Å². The van der Waals surface area contributed by atoms with Crippen LogP contribution in [0.4, 0.5) is 10.8 Å². The van der Waals surface area contributed by atoms with Crippen molar-refractivity contribution in [3.8, 4) is 11.3 Å². The summed E-state index contributed by atoms with van der Waals surface area (Å²) in [6.07, 6.45) is 0. The van der Waals surface area contributed by atoms with Crippen molar-refractivity contribution in [1.29, 1.82) is 0 Å². The molecule has 0 saturated heterocycles. The van der Waals surface area contributed by atoms with Crippen LogP contribution in [-0.4, -0.2) is 10.9 Å². The lowest BCUT2D eigenvalue weighted by Crippen LogP contribution is -2.12. The number of carbonyl (C=O) groups excluding carboxylic acids is 1. The number of nitrogens with two attached hydrogens (primary N) is 1. The highest BCUT2D eigenvalue weighted by molar-refractivity contribution is 7.13. The Labute approximate surface area is 136 Å². The molecule has 4 nitrogen and oxygen atoms in total. The maximum atomic E-state index is 12.3. The lowest BCUT2D eigenvalue weighted by molar-refractivity contribution is 0.102. The van der Waals surface area contributed by atoms with Gasteiger partial charge in [0.05, 0.1) is 16.3 Å². The van der Waals surface area contributed by atoms with Crippen molar-refractivity contribution < 1.29 is 4.79 Å². The fourth-order valence-electron chi connectivity index (χ4n) is 2.02. The van der Waals surface area contributed by atoms with Gasteiger partial charge in [0.15, 0.2) is 5.13 Å². The molecule has 0 aliphatic heterocycles. The van der Waals surface area contributed by atoms with Crippen LogP contribution in [0.3, 0.4) is 0 Å². The minimum Gasteiger partial charge on any atom is -0.375 e. The van der Waals surface area contributed by atoms with Crippen LogP contribution in [0.5, 0.6) is 0 Å². The minimum absolute atomic E-state index is 0.249. The molecule has 0 bridgehead atoms. The summed E-state index contributed by atoms with van der Waals surface area (Å²) in [5.41, 5.74) is 8.44. The molecule has 3 N–H and O–H groups in total. The first kappa shape index (κ1) is 14.6. The number of halogens is 1. The van der Waals surface area contributed by atoms with E-state index in [1.165, 1.54) is 11.3 Å². The molecular weight excluding hydrogens is 318 g/mol. The third-order valence-corrected chi connectivity index (χ3v) is 4.06. The third kappa shape index (κ3) is 3.10. The first-order valence-corrected chi connectivity index (χ1v) is 7.76. The Kier molecular flexibility index (Phi) is 4.09. The van der Waals surface area contributed by atoms with Crippen molar-refractivity contribution in [2.45, 2.75) is 0 Å². The maximum absolute atomic E-state index is 12.3. The molecule has 6 heteroatoms. The molecule has 3 aromatic rings. The van der Waals surface area contributed by atoms with Gasteiger partial charge in [-0.2, -0.15) is 0 Å². The van der Waals surface area contributed by atoms with Crippen LogP contribution < -0.4 is 11.1 Å². The summed E-state index contributed by atoms with van der Waals surface area (Å²) in [6, 6.07) is 14.4. The van der Waals surface area contributed by atoms with E-state index in [4.69, 9.17) is 17.3 Å². The second kappa shape index (κ2) is 6.17. The van der Waals surface area contributed by atoms with Crippen LogP contribution in [0.25, 0.3) is 11.3 Å². The number of hydrogen-bond acceptors (Lipinski definition) is 4. The van der Waals surface area contributed by atoms with Gasteiger partial charge in [0.25, 0.3) is 5.91 Å². The number of nitrogen functional groups attached to an aromatic ring is 1. The molecular formula is C16H12ClN3OS. The van der Waals surface area contributed by atoms with Gasteiger partial charge < -0.3 is 11.1 Å². The summed E-state index contributed by atoms with van der Waals surface area (Å²) in [5, 5.41) is 5.65. The van der Waals surface area contributed by atoms with Gasteiger partial charge >= 0.3 is 0 Å². The van der Waals surface area contributed by atoms with Crippen LogP contribution in [0.2, 0.25) is 5.02 Å². The summed E-state index contributed by atoms with van der Waals surface area (Å²) < 4.78 is 0. The quantitative estimate of drug-likeness (QED) is 0.752. The standard InChI is InChI=1S/C16H12ClN3OS/c17-13-7-2-1-6-12(13)15(21)19-11-5-3-4-10(8-11)14-9-22-16(18)20-14/h1-9H,(H2,18,20)(H,19,21). The SMILES string of the molecule is Nc1nc(-c2cccc(NC(=O)c3ccccc3Cl)c2)cs1. The molecule has 0 radical (unpaired) electrons. The highest BCUT2D eigenvalue weighted by atomic mass is 35.5. The molecule has 0 aliphatic rings. The Balaban J connectivity index is 1.84. The highest BCUT2D eigenvalue weighted by Gasteiger charge is 2.10. The molecule has 0 fully saturated rings. The largest absolute Gasteiger partial charge is 0.375 e. The third-order valence-electron chi connectivity index (χ3n) is 3.06. The molecule has 0 aliphatic carbocycles. The smallest absolute Gasteiger partial charge is 0.257 e. The Morgan fingerprint density at radius 1 is 1.18 bits per heavy atom. The van der Waals surface area contributed by atoms with E-state index in [0.717, 1.165) is 11.3 Å². The average molecular weight is 330 g/mol. The van der Waals surface area contributed by atoms with Crippen molar-refractivity contribution in [2.24, 2.45) is 0 Å². The molecule has 0 saturated carbocycles. The summed E-state index contributed by atoms with van der Waals surface area (Å²) in [4.78, 5) is 16.5. The van der Waals surface area contributed by atoms with Gasteiger partial charge in [-0.15, -0.1) is 11.3 Å². The van der Waals surface area contributed by atoms with Crippen LogP contribution >= 0.6 is 22.9 Å². The topological polar surface area (TPSA) is 68.0 Å². The van der Waals surface area contributed by atoms with Crippen molar-refractivity contribution in [3.05, 3.63) is 64.5 Å². The van der Waals surface area contributed by atoms with Gasteiger partial charge in [0.2, 0.25) is 0 Å². The molecule has 2 aromatic carbocycles. The van der Waals surface area contributed by atoms with Crippen molar-refractivity contribution in [1.82, 2.24) is 4.98 Å². The molecule has 0 atom stereocenters. The number of nitrogens with zero attached hydrogens (tertiary/aromatic N) is 1. The van der Waals surface area contributed by atoms with Crippen molar-refractivity contribution >= 4 is 39.7 Å². The normalized spacial score (nSPS) is 10.4. The Hall–Kier alpha value is -2.37. The summed E-state index contributed by atoms with van der Waals surface area (Å²) in [6.45, 7) is 0. The van der Waals surface area contributed by atoms with Gasteiger partial charge in [-0.25, -0.2) is 4.98 Å². The van der Waals surface area contributed by atoms with Crippen LogP contribution in [0.1, 0.15) is 10.4 Å². The number of thiazole rings is 1. The molecule has 0 unspecified atom stereocenters. The van der Waals surface area contributed by atoms with Gasteiger partial charge in [-0.05, 0) is 24.3 Å². The first-order chi connectivity index (χ1) is 10.6. The maximum Gasteiger partial charge on any atom is 0.257 e. The Morgan fingerprint density at radius 2 is 2.00 bits per heavy atom. The van der Waals surface area contributed by atoms with Crippen molar-refractivity contribution in [2.75, 3.05) is 11.1 Å². The first-order valence-electron chi connectivity index (χ1n) is 6.51. The Bertz CT molecular complexity index is 832. The monoisotopic (exact) mass is 329 g/mol. The second-order valence-corrected chi connectivity index (χ2v) is 5.88. The number of aromatic nitrogens is 1. The van der Waals surface area contributed by atoms with Crippen LogP contribution in [0.15, 0.2) is 53.9 Å². The van der Waals surface area contributed by atoms with E-state index >= 15 is 0 Å². The molecule has 0 spiro atoms. The molecule has 22 heavy (non-hydrogen) atoms. The number of nitrogens with one attached hydrogen (secondary N) is 1. The van der Waals surface area contributed by atoms with E-state index in [0.29, 0.717) is 21.4 Å². The van der Waals surface area contributed by atoms with Gasteiger partial charge in [0.1, 0.15) is 0 Å². The van der Waals surface area contributed by atoms with Gasteiger partial charge in [0, 0.05) is 16.6 Å². The number of carbonyl (C=O) groups is 1. The summed E-state index contributed by atoms with van der Waals surface area (Å²) >= 11 is 7.41. The molecule has 1 heterocycles. The van der Waals surface area contributed by atoms with E-state index < -0.39 is 0 Å². The zero-order valence-electron chi connectivity index (χ0n) is 11.4. The molecule has 1 aromatic heterocycles. The lowest BCUT2D eigenvalue weighted by Gasteiger charge is -2.07. The van der Waals surface area contributed by atoms with E-state index in [9.17, 15) is 4.79 Å². The summed E-state index contributed by atoms with van der Waals surface area (Å²) in [7, 11) is 0. The molecule has 3 rings (SSSR count). The van der Waals surface area contributed by atoms with Crippen LogP contribution in [-0.2, 0) is 0 Å². The predicted octanol–water partition coefficient (Wildman–Crippen LogP) is 4.30. The highest BCUT2D eigenvalue weighted by Crippen LogP contribution is 2.26. The number of anilines is 2. The predicted molar refractivity (Wildman–Crippen MR) is 91.4 cm³/mol. The van der Waals surface area contributed by atoms with Gasteiger partial charge in [-0.1, -0.05) is 35.9 Å². The van der Waals surface area contributed by atoms with Gasteiger partial charge in [-0.3, -0.25) is 4.79 Å². The lowest BCUT2D eigenvalue weighted by atomic mass is 10.1. The van der Waals surface area contributed by atoms with E-state index in [-0.39, 0.29) is 5.91 Å². The molecule has 1 amide bonds. The fraction of sp³-hybridized carbons (Fsp3) is 0. The summed E-state index contributed by atoms with van der Waals surface area (Å²) in [5.74, 6) is -0.249. The zero-order valence-corrected chi connectivity index (χ0v) is 13.0. The average Bonchev–Trinajstić information content (AvgIpc) is 2.94. The minimum atomic E-state index is -0.249. The fourth-order valence-corrected chi connectivity index (χ4v) is 2.81. The number of rotatable bonds is 3. The number of hydrogen-bond donors (Lipinski definition) is 2. The van der Waals surface area contributed by atoms with E-state index in [1.807, 2.05) is 29.6 Å². The van der Waals surface area contributed by atoms with E-state index in [1.54, 1.807) is 24.3 Å². The molecule has 110 valence electrons. The van der Waals surface area contributed by atoms with E-state index in [2.05, 4.69) is 10.3 Å².